The molecule has 4 aromatic rings. The van der Waals surface area contributed by atoms with Gasteiger partial charge in [-0.2, -0.15) is 0 Å². The number of rotatable bonds is 16. The van der Waals surface area contributed by atoms with Gasteiger partial charge in [-0.15, -0.1) is 0 Å². The van der Waals surface area contributed by atoms with Crippen LogP contribution in [-0.2, 0) is 29.3 Å². The molecule has 0 saturated carbocycles. The van der Waals surface area contributed by atoms with Crippen molar-refractivity contribution in [2.75, 3.05) is 13.2 Å². The molecule has 0 bridgehead atoms. The minimum absolute atomic E-state index is 0. The molecular formula is C44H50NiO8. The molecule has 2 unspecified atom stereocenters. The molecule has 0 amide bonds. The molecule has 0 aliphatic carbocycles. The molecule has 0 spiro atoms. The molecule has 4 aromatic carbocycles. The van der Waals surface area contributed by atoms with Gasteiger partial charge >= 0.3 is 16.5 Å². The Morgan fingerprint density at radius 2 is 1.00 bits per heavy atom. The number of fused-ring (bicyclic) bond motifs is 4. The van der Waals surface area contributed by atoms with Crippen LogP contribution in [0.15, 0.2) is 72.8 Å². The van der Waals surface area contributed by atoms with Crippen molar-refractivity contribution in [3.8, 4) is 34.5 Å². The van der Waals surface area contributed by atoms with E-state index in [1.54, 1.807) is 24.3 Å². The summed E-state index contributed by atoms with van der Waals surface area (Å²) in [6.07, 6.45) is 9.83. The summed E-state index contributed by atoms with van der Waals surface area (Å²) in [6, 6.07) is 22.3. The largest absolute Gasteiger partial charge is 2.00 e. The first-order valence-corrected chi connectivity index (χ1v) is 18.8. The van der Waals surface area contributed by atoms with Crippen molar-refractivity contribution in [3.05, 3.63) is 106 Å². The van der Waals surface area contributed by atoms with Crippen molar-refractivity contribution in [2.45, 2.75) is 91.9 Å². The number of ether oxygens (including phenoxy) is 4. The van der Waals surface area contributed by atoms with Crippen LogP contribution >= 0.6 is 0 Å². The van der Waals surface area contributed by atoms with Gasteiger partial charge in [0.15, 0.2) is 0 Å². The van der Waals surface area contributed by atoms with Crippen LogP contribution in [-0.4, -0.2) is 25.2 Å². The van der Waals surface area contributed by atoms with E-state index >= 15 is 0 Å². The summed E-state index contributed by atoms with van der Waals surface area (Å²) in [5.74, 6) is 1.83. The van der Waals surface area contributed by atoms with Crippen molar-refractivity contribution < 1.29 is 55.2 Å². The van der Waals surface area contributed by atoms with E-state index in [2.05, 4.69) is 27.7 Å². The molecule has 6 rings (SSSR count). The summed E-state index contributed by atoms with van der Waals surface area (Å²) in [6.45, 7) is 9.66. The summed E-state index contributed by atoms with van der Waals surface area (Å²) in [7, 11) is 0. The summed E-state index contributed by atoms with van der Waals surface area (Å²) in [5, 5.41) is 23.7. The van der Waals surface area contributed by atoms with E-state index in [-0.39, 0.29) is 27.6 Å². The zero-order chi connectivity index (χ0) is 37.0. The molecule has 9 heteroatoms. The van der Waals surface area contributed by atoms with Gasteiger partial charge in [0.05, 0.1) is 25.2 Å². The van der Waals surface area contributed by atoms with E-state index in [0.29, 0.717) is 72.0 Å². The predicted octanol–water partition coefficient (Wildman–Crippen LogP) is 8.68. The maximum absolute atomic E-state index is 11.8. The molecule has 0 N–H and O–H groups in total. The number of unbranched alkanes of at least 4 members (excludes halogenated alkanes) is 2. The first-order valence-electron chi connectivity index (χ1n) is 18.8. The molecule has 0 aromatic heterocycles. The maximum atomic E-state index is 11.8. The number of carbonyl (C=O) groups is 2. The number of para-hydroxylation sites is 2. The Bertz CT molecular complexity index is 1700. The van der Waals surface area contributed by atoms with E-state index in [4.69, 9.17) is 18.9 Å². The SMILES string of the molecule is CCCCC(CC)COc1ccc2c(c1C(=O)[O-])Cc1ccccc1O2.CCCCC(CC)COc1ccc2c(c1C(=O)[O-])Cc1ccccc1O2.[Ni+2]. The Hall–Kier alpha value is -4.49. The topological polar surface area (TPSA) is 117 Å². The predicted molar refractivity (Wildman–Crippen MR) is 198 cm³/mol. The first-order chi connectivity index (χ1) is 25.3. The third-order valence-corrected chi connectivity index (χ3v) is 10.0. The second-order valence-corrected chi connectivity index (χ2v) is 13.6. The minimum Gasteiger partial charge on any atom is -0.545 e. The van der Waals surface area contributed by atoms with E-state index in [9.17, 15) is 19.8 Å². The zero-order valence-corrected chi connectivity index (χ0v) is 32.1. The molecule has 53 heavy (non-hydrogen) atoms. The third-order valence-electron chi connectivity index (χ3n) is 10.0. The summed E-state index contributed by atoms with van der Waals surface area (Å²) >= 11 is 0. The average molecular weight is 766 g/mol. The molecular weight excluding hydrogens is 715 g/mol. The van der Waals surface area contributed by atoms with Crippen LogP contribution in [0.2, 0.25) is 0 Å². The number of carboxylic acids is 2. The van der Waals surface area contributed by atoms with Gasteiger partial charge in [0.25, 0.3) is 0 Å². The number of aromatic carboxylic acids is 2. The molecule has 2 aliphatic heterocycles. The first kappa shape index (κ1) is 41.3. The Morgan fingerprint density at radius 3 is 1.36 bits per heavy atom. The van der Waals surface area contributed by atoms with E-state index in [1.807, 2.05) is 48.5 Å². The molecule has 0 fully saturated rings. The molecule has 0 radical (unpaired) electrons. The normalized spacial score (nSPS) is 13.1. The molecule has 0 saturated heterocycles. The van der Waals surface area contributed by atoms with Crippen LogP contribution in [0.25, 0.3) is 0 Å². The van der Waals surface area contributed by atoms with Gasteiger partial charge in [-0.25, -0.2) is 0 Å². The van der Waals surface area contributed by atoms with Crippen LogP contribution in [0.3, 0.4) is 0 Å². The fourth-order valence-electron chi connectivity index (χ4n) is 6.77. The Morgan fingerprint density at radius 1 is 0.604 bits per heavy atom. The van der Waals surface area contributed by atoms with Gasteiger partial charge in [0, 0.05) is 35.1 Å². The minimum atomic E-state index is -1.22. The maximum Gasteiger partial charge on any atom is 2.00 e. The van der Waals surface area contributed by atoms with Crippen molar-refractivity contribution in [1.29, 1.82) is 0 Å². The number of benzene rings is 4. The molecule has 2 atom stereocenters. The summed E-state index contributed by atoms with van der Waals surface area (Å²) in [4.78, 5) is 23.7. The van der Waals surface area contributed by atoms with Crippen LogP contribution in [0.1, 0.15) is 122 Å². The number of hydrogen-bond donors (Lipinski definition) is 0. The number of carbonyl (C=O) groups excluding carboxylic acids is 2. The Kier molecular flexibility index (Phi) is 15.7. The number of hydrogen-bond acceptors (Lipinski definition) is 8. The zero-order valence-electron chi connectivity index (χ0n) is 31.2. The van der Waals surface area contributed by atoms with Crippen molar-refractivity contribution in [1.82, 2.24) is 0 Å². The van der Waals surface area contributed by atoms with Gasteiger partial charge in [-0.3, -0.25) is 0 Å². The van der Waals surface area contributed by atoms with Gasteiger partial charge in [-0.05, 0) is 72.2 Å². The fourth-order valence-corrected chi connectivity index (χ4v) is 6.77. The second kappa shape index (κ2) is 20.1. The van der Waals surface area contributed by atoms with Crippen LogP contribution in [0.4, 0.5) is 0 Å². The molecule has 2 heterocycles. The molecule has 2 aliphatic rings. The molecule has 284 valence electrons. The summed E-state index contributed by atoms with van der Waals surface area (Å²) in [5.41, 5.74) is 3.42. The van der Waals surface area contributed by atoms with E-state index < -0.39 is 11.9 Å². The van der Waals surface area contributed by atoms with Crippen LogP contribution in [0.5, 0.6) is 34.5 Å². The Labute approximate surface area is 323 Å². The van der Waals surface area contributed by atoms with Crippen molar-refractivity contribution in [3.63, 3.8) is 0 Å². The number of carboxylic acid groups (broad SMARTS) is 2. The van der Waals surface area contributed by atoms with E-state index in [1.165, 1.54) is 0 Å². The third kappa shape index (κ3) is 10.4. The van der Waals surface area contributed by atoms with E-state index in [0.717, 1.165) is 74.0 Å². The Balaban J connectivity index is 0.000000232. The van der Waals surface area contributed by atoms with Crippen molar-refractivity contribution in [2.24, 2.45) is 11.8 Å². The quantitative estimate of drug-likeness (QED) is 0.0899. The average Bonchev–Trinajstić information content (AvgIpc) is 3.16. The fraction of sp³-hybridized carbons (Fsp3) is 0.409. The van der Waals surface area contributed by atoms with Crippen LogP contribution < -0.4 is 29.2 Å². The smallest absolute Gasteiger partial charge is 0.545 e. The summed E-state index contributed by atoms with van der Waals surface area (Å²) < 4.78 is 23.6. The monoisotopic (exact) mass is 764 g/mol. The second-order valence-electron chi connectivity index (χ2n) is 13.6. The van der Waals surface area contributed by atoms with Gasteiger partial charge in [0.2, 0.25) is 0 Å². The van der Waals surface area contributed by atoms with Crippen LogP contribution in [0, 0.1) is 11.8 Å². The van der Waals surface area contributed by atoms with Gasteiger partial charge < -0.3 is 38.7 Å². The standard InChI is InChI=1S/2C22H26O4.Ni/c2*1-3-5-8-15(4-2)14-25-20-12-11-19-17(21(20)22(23)24)13-16-9-6-7-10-18(16)26-19;/h2*6-7,9-12,15H,3-5,8,13-14H2,1-2H3,(H,23,24);/q;;+2/p-2. The molecule has 8 nitrogen and oxygen atoms in total. The van der Waals surface area contributed by atoms with Crippen molar-refractivity contribution >= 4 is 11.9 Å². The van der Waals surface area contributed by atoms with Gasteiger partial charge in [0.1, 0.15) is 34.5 Å². The van der Waals surface area contributed by atoms with Gasteiger partial charge in [-0.1, -0.05) is 103 Å².